The lowest BCUT2D eigenvalue weighted by atomic mass is 9.90. The fourth-order valence-electron chi connectivity index (χ4n) is 9.38. The lowest BCUT2D eigenvalue weighted by molar-refractivity contribution is -0.121. The Morgan fingerprint density at radius 3 is 1.57 bits per heavy atom. The third kappa shape index (κ3) is 19.8. The minimum absolute atomic E-state index is 0.0184. The number of Topliss-reactive ketones (excluding diaryl/α,β-unsaturated/α-hetero) is 1. The number of nitrogens with one attached hydrogen (secondary N) is 2. The van der Waals surface area contributed by atoms with Crippen molar-refractivity contribution in [3.05, 3.63) is 115 Å². The summed E-state index contributed by atoms with van der Waals surface area (Å²) >= 11 is 25.6. The highest BCUT2D eigenvalue weighted by Gasteiger charge is 2.39. The summed E-state index contributed by atoms with van der Waals surface area (Å²) in [5.41, 5.74) is 9.56. The van der Waals surface area contributed by atoms with Crippen LogP contribution < -0.4 is 25.2 Å². The molecule has 0 bridgehead atoms. The van der Waals surface area contributed by atoms with Crippen LogP contribution in [0.2, 0.25) is 20.1 Å². The molecule has 23 heteroatoms. The molecule has 0 saturated heterocycles. The van der Waals surface area contributed by atoms with Gasteiger partial charge in [-0.1, -0.05) is 46.4 Å². The summed E-state index contributed by atoms with van der Waals surface area (Å²) in [4.78, 5) is 29.5. The first kappa shape index (κ1) is 64.5. The second-order valence-electron chi connectivity index (χ2n) is 20.6. The molecule has 17 nitrogen and oxygen atoms in total. The van der Waals surface area contributed by atoms with Gasteiger partial charge in [-0.05, 0) is 158 Å². The number of sulfone groups is 1. The number of benzene rings is 4. The van der Waals surface area contributed by atoms with Crippen LogP contribution in [0.4, 0.5) is 0 Å². The fraction of sp³-hybridized carbons (Fsp3) is 0.536. The van der Waals surface area contributed by atoms with Crippen LogP contribution in [0.3, 0.4) is 0 Å². The standard InChI is InChI=1S/C56H75Cl4N5O12S2/c1-56(61,19-17-40(66)8-6-23-72-27-30-75-26-22-63-79(70,71)44-15-11-42(12-16-44)77-55-48-33-39(58)35-50(60)46(48)37-52(55)65(4)5)20-18-53(67)62-21-25-74-29-28-73-24-7-31-78(68,69)43-13-9-41(10-14-43)76-54-47-32-38(57)34-49(59)45(47)36-51(54)64(2)3/h9-16,32-35,51-52,54-55,63H,6-8,17-31,36-37,61H2,1-5H3,(H,62,67)/t51-,52-,54-,55-,56?/m0/s1. The van der Waals surface area contributed by atoms with E-state index in [1.165, 1.54) is 12.1 Å². The molecule has 4 aromatic carbocycles. The third-order valence-electron chi connectivity index (χ3n) is 13.9. The van der Waals surface area contributed by atoms with Crippen LogP contribution in [-0.2, 0) is 61.2 Å². The number of carbonyl (C=O) groups excluding carboxylic acids is 2. The van der Waals surface area contributed by atoms with Gasteiger partial charge in [-0.15, -0.1) is 0 Å². The molecule has 4 N–H and O–H groups in total. The molecule has 0 fully saturated rings. The van der Waals surface area contributed by atoms with Crippen molar-refractivity contribution < 1.29 is 54.8 Å². The van der Waals surface area contributed by atoms with E-state index in [1.54, 1.807) is 48.5 Å². The average molecular weight is 1220 g/mol. The van der Waals surface area contributed by atoms with Crippen molar-refractivity contribution in [3.8, 4) is 11.5 Å². The molecular formula is C56H75Cl4N5O12S2. The number of hydrogen-bond acceptors (Lipinski definition) is 15. The smallest absolute Gasteiger partial charge is 0.240 e. The van der Waals surface area contributed by atoms with Crippen LogP contribution in [0.15, 0.2) is 82.6 Å². The Morgan fingerprint density at radius 2 is 1.06 bits per heavy atom. The van der Waals surface area contributed by atoms with Crippen LogP contribution in [0, 0.1) is 0 Å². The highest BCUT2D eigenvalue weighted by molar-refractivity contribution is 7.91. The van der Waals surface area contributed by atoms with Crippen molar-refractivity contribution in [2.24, 2.45) is 5.73 Å². The molecule has 2 aliphatic carbocycles. The first-order valence-electron chi connectivity index (χ1n) is 26.5. The maximum Gasteiger partial charge on any atom is 0.240 e. The predicted octanol–water partition coefficient (Wildman–Crippen LogP) is 8.47. The molecular weight excluding hydrogens is 1140 g/mol. The summed E-state index contributed by atoms with van der Waals surface area (Å²) in [5.74, 6) is 0.870. The summed E-state index contributed by atoms with van der Waals surface area (Å²) in [5, 5.41) is 5.07. The topological polar surface area (TPSA) is 214 Å². The Labute approximate surface area is 486 Å². The van der Waals surface area contributed by atoms with E-state index in [-0.39, 0.29) is 104 Å². The van der Waals surface area contributed by atoms with Gasteiger partial charge in [0.1, 0.15) is 29.5 Å². The van der Waals surface area contributed by atoms with Gasteiger partial charge in [0.2, 0.25) is 15.9 Å². The number of nitrogens with two attached hydrogens (primary N) is 1. The molecule has 0 heterocycles. The molecule has 6 rings (SSSR count). The summed E-state index contributed by atoms with van der Waals surface area (Å²) in [6.45, 7) is 4.35. The van der Waals surface area contributed by atoms with Gasteiger partial charge >= 0.3 is 0 Å². The molecule has 0 aromatic heterocycles. The number of halogens is 4. The molecule has 79 heavy (non-hydrogen) atoms. The van der Waals surface area contributed by atoms with Gasteiger partial charge in [0.15, 0.2) is 9.84 Å². The van der Waals surface area contributed by atoms with Crippen molar-refractivity contribution in [1.29, 1.82) is 0 Å². The number of hydrogen-bond donors (Lipinski definition) is 3. The van der Waals surface area contributed by atoms with Crippen LogP contribution in [0.5, 0.6) is 11.5 Å². The van der Waals surface area contributed by atoms with E-state index in [0.29, 0.717) is 103 Å². The first-order valence-corrected chi connectivity index (χ1v) is 31.1. The van der Waals surface area contributed by atoms with E-state index in [4.69, 9.17) is 80.6 Å². The van der Waals surface area contributed by atoms with E-state index in [9.17, 15) is 26.4 Å². The van der Waals surface area contributed by atoms with Gasteiger partial charge in [-0.2, -0.15) is 0 Å². The lowest BCUT2D eigenvalue weighted by Crippen LogP contribution is -2.38. The zero-order valence-electron chi connectivity index (χ0n) is 45.6. The zero-order chi connectivity index (χ0) is 57.3. The number of nitrogens with zero attached hydrogens (tertiary/aromatic N) is 2. The molecule has 0 spiro atoms. The molecule has 0 saturated carbocycles. The molecule has 1 unspecified atom stereocenters. The molecule has 0 aliphatic heterocycles. The van der Waals surface area contributed by atoms with Gasteiger partial charge in [-0.25, -0.2) is 21.6 Å². The van der Waals surface area contributed by atoms with E-state index < -0.39 is 25.4 Å². The molecule has 0 radical (unpaired) electrons. The molecule has 1 amide bonds. The second-order valence-corrected chi connectivity index (χ2v) is 26.1. The van der Waals surface area contributed by atoms with E-state index >= 15 is 0 Å². The van der Waals surface area contributed by atoms with Crippen molar-refractivity contribution in [2.45, 2.75) is 104 Å². The maximum absolute atomic E-state index is 13.0. The van der Waals surface area contributed by atoms with E-state index in [0.717, 1.165) is 22.3 Å². The van der Waals surface area contributed by atoms with Crippen molar-refractivity contribution >= 4 is 78.0 Å². The first-order chi connectivity index (χ1) is 37.5. The van der Waals surface area contributed by atoms with Crippen LogP contribution in [-0.4, -0.2) is 156 Å². The number of sulfonamides is 1. The van der Waals surface area contributed by atoms with Crippen molar-refractivity contribution in [3.63, 3.8) is 0 Å². The normalized spacial score (nSPS) is 17.9. The average Bonchev–Trinajstić information content (AvgIpc) is 4.20. The maximum atomic E-state index is 13.0. The second kappa shape index (κ2) is 30.6. The Balaban J connectivity index is 0.726. The highest BCUT2D eigenvalue weighted by atomic mass is 35.5. The Kier molecular flexibility index (Phi) is 25.0. The number of rotatable bonds is 35. The van der Waals surface area contributed by atoms with E-state index in [1.807, 2.05) is 47.2 Å². The Hall–Kier alpha value is -3.64. The van der Waals surface area contributed by atoms with Crippen molar-refractivity contribution in [2.75, 3.05) is 99.9 Å². The summed E-state index contributed by atoms with van der Waals surface area (Å²) in [6.07, 6.45) is 3.28. The number of amides is 1. The van der Waals surface area contributed by atoms with Crippen LogP contribution >= 0.6 is 46.4 Å². The van der Waals surface area contributed by atoms with Gasteiger partial charge < -0.3 is 49.3 Å². The molecule has 4 aromatic rings. The van der Waals surface area contributed by atoms with Crippen LogP contribution in [0.1, 0.15) is 86.3 Å². The van der Waals surface area contributed by atoms with Gasteiger partial charge in [0, 0.05) is 82.3 Å². The minimum Gasteiger partial charge on any atom is -0.484 e. The predicted molar refractivity (Wildman–Crippen MR) is 308 cm³/mol. The third-order valence-corrected chi connectivity index (χ3v) is 18.3. The van der Waals surface area contributed by atoms with Gasteiger partial charge in [0.05, 0.1) is 67.3 Å². The number of fused-ring (bicyclic) bond motifs is 2. The van der Waals surface area contributed by atoms with E-state index in [2.05, 4.69) is 19.8 Å². The summed E-state index contributed by atoms with van der Waals surface area (Å²) in [7, 11) is 0.568. The Bertz CT molecular complexity index is 2670. The number of ether oxygens (including phenoxy) is 6. The number of carbonyl (C=O) groups is 2. The minimum atomic E-state index is -3.79. The molecule has 436 valence electrons. The van der Waals surface area contributed by atoms with Gasteiger partial charge in [-0.3, -0.25) is 9.59 Å². The monoisotopic (exact) mass is 1210 g/mol. The zero-order valence-corrected chi connectivity index (χ0v) is 50.2. The van der Waals surface area contributed by atoms with Crippen LogP contribution in [0.25, 0.3) is 0 Å². The highest BCUT2D eigenvalue weighted by Crippen LogP contribution is 2.44. The summed E-state index contributed by atoms with van der Waals surface area (Å²) in [6, 6.07) is 19.9. The quantitative estimate of drug-likeness (QED) is 0.0369. The number of ketones is 1. The van der Waals surface area contributed by atoms with Crippen molar-refractivity contribution in [1.82, 2.24) is 19.8 Å². The lowest BCUT2D eigenvalue weighted by Gasteiger charge is -2.27. The largest absolute Gasteiger partial charge is 0.484 e. The summed E-state index contributed by atoms with van der Waals surface area (Å²) < 4.78 is 89.5. The SMILES string of the molecule is CN(C)[C@H]1Cc2c(Cl)cc(Cl)cc2[C@@H]1Oc1ccc(S(=O)(=O)CCCOCCOCCNC(=O)CCC(C)(N)CCC(=O)CCCOCCOCCNS(=O)(=O)c2ccc(O[C@H]3c4cc(Cl)cc(Cl)c4C[C@@H]3N(C)C)cc2)cc1. The Morgan fingerprint density at radius 1 is 0.608 bits per heavy atom. The fourth-order valence-corrected chi connectivity index (χ4v) is 12.8. The van der Waals surface area contributed by atoms with Gasteiger partial charge in [0.25, 0.3) is 0 Å². The number of likely N-dealkylation sites (N-methyl/N-ethyl adjacent to an activating group) is 2. The molecule has 2 aliphatic rings. The molecule has 5 atom stereocenters.